The fraction of sp³-hybridized carbons (Fsp3) is 0.542. The number of hydrogen-bond donors (Lipinski definition) is 1. The number of nitrogens with one attached hydrogen (secondary N) is 1. The Morgan fingerprint density at radius 1 is 1.24 bits per heavy atom. The molecule has 0 bridgehead atoms. The number of aryl methyl sites for hydroxylation is 2. The molecular weight excluding hydrogens is 455 g/mol. The smallest absolute Gasteiger partial charge is 0.417 e. The van der Waals surface area contributed by atoms with E-state index in [2.05, 4.69) is 4.98 Å². The van der Waals surface area contributed by atoms with Gasteiger partial charge in [0.05, 0.1) is 17.9 Å². The van der Waals surface area contributed by atoms with Crippen LogP contribution >= 0.6 is 0 Å². The maximum absolute atomic E-state index is 14.2. The monoisotopic (exact) mass is 485 g/mol. The predicted octanol–water partition coefficient (Wildman–Crippen LogP) is 5.33. The van der Waals surface area contributed by atoms with Gasteiger partial charge in [0.15, 0.2) is 11.0 Å². The summed E-state index contributed by atoms with van der Waals surface area (Å²) in [6.45, 7) is 9.44. The second-order valence-corrected chi connectivity index (χ2v) is 11.0. The number of alkyl halides is 3. The quantitative estimate of drug-likeness (QED) is 0.622. The zero-order valence-corrected chi connectivity index (χ0v) is 20.6. The molecule has 0 aliphatic carbocycles. The highest BCUT2D eigenvalue weighted by Crippen LogP contribution is 2.59. The lowest BCUT2D eigenvalue weighted by molar-refractivity contribution is -0.275. The molecule has 0 amide bonds. The average Bonchev–Trinajstić information content (AvgIpc) is 2.99. The van der Waals surface area contributed by atoms with Crippen molar-refractivity contribution >= 4 is 10.8 Å². The maximum Gasteiger partial charge on any atom is 0.417 e. The van der Waals surface area contributed by atoms with Gasteiger partial charge in [0.1, 0.15) is 16.7 Å². The molecule has 33 heavy (non-hydrogen) atoms. The van der Waals surface area contributed by atoms with Gasteiger partial charge in [-0.05, 0) is 26.3 Å². The lowest BCUT2D eigenvalue weighted by Gasteiger charge is -2.32. The molecule has 1 aliphatic rings. The Labute approximate surface area is 194 Å². The Kier molecular flexibility index (Phi) is 6.88. The van der Waals surface area contributed by atoms with Crippen LogP contribution in [0.1, 0.15) is 62.2 Å². The fourth-order valence-corrected chi connectivity index (χ4v) is 5.70. The zero-order valence-electron chi connectivity index (χ0n) is 19.8. The minimum Gasteiger partial charge on any atom is -0.496 e. The van der Waals surface area contributed by atoms with Crippen molar-refractivity contribution in [3.05, 3.63) is 57.0 Å². The van der Waals surface area contributed by atoms with Gasteiger partial charge in [0.2, 0.25) is 0 Å². The first kappa shape index (κ1) is 25.5. The van der Waals surface area contributed by atoms with Crippen molar-refractivity contribution in [3.63, 3.8) is 0 Å². The Hall–Kier alpha value is -2.13. The van der Waals surface area contributed by atoms with Crippen LogP contribution in [0.3, 0.4) is 0 Å². The van der Waals surface area contributed by atoms with E-state index in [0.29, 0.717) is 17.0 Å². The predicted molar refractivity (Wildman–Crippen MR) is 121 cm³/mol. The molecule has 2 heterocycles. The van der Waals surface area contributed by atoms with Crippen molar-refractivity contribution in [1.29, 1.82) is 0 Å². The number of benzene rings is 1. The second kappa shape index (κ2) is 8.91. The molecule has 2 aromatic rings. The van der Waals surface area contributed by atoms with E-state index in [1.807, 2.05) is 13.0 Å². The molecule has 0 saturated carbocycles. The molecule has 9 heteroatoms. The van der Waals surface area contributed by atoms with Crippen LogP contribution in [0.15, 0.2) is 34.0 Å². The SMILES string of the molecule is COc1c(C)cccc1[C@H]1[C@H](c2cc(=O)c([S@](=O)C(C)C)c(C)[nH]2)O[C@@](C)(C(F)(F)F)[C@H]1C. The van der Waals surface area contributed by atoms with Gasteiger partial charge in [-0.2, -0.15) is 13.2 Å². The van der Waals surface area contributed by atoms with Crippen molar-refractivity contribution in [2.24, 2.45) is 5.92 Å². The lowest BCUT2D eigenvalue weighted by Crippen LogP contribution is -2.46. The standard InChI is InChI=1S/C24H30F3NO4S/c1-12(2)33(30)22-15(5)28-17(11-18(22)29)21-19(14(4)23(6,32-21)24(25,26)27)16-10-8-9-13(3)20(16)31-7/h8-12,14,19,21H,1-7H3,(H,28,29)/t14-,19-,21-,23+,33+/m0/s1. The van der Waals surface area contributed by atoms with Crippen molar-refractivity contribution < 1.29 is 26.9 Å². The largest absolute Gasteiger partial charge is 0.496 e. The van der Waals surface area contributed by atoms with E-state index in [1.54, 1.807) is 32.9 Å². The van der Waals surface area contributed by atoms with Crippen LogP contribution in [0, 0.1) is 19.8 Å². The summed E-state index contributed by atoms with van der Waals surface area (Å²) in [6.07, 6.45) is -5.72. The molecule has 1 aliphatic heterocycles. The minimum atomic E-state index is -4.63. The van der Waals surface area contributed by atoms with E-state index in [1.165, 1.54) is 20.1 Å². The summed E-state index contributed by atoms with van der Waals surface area (Å²) in [7, 11) is -0.0634. The molecule has 1 N–H and O–H groups in total. The summed E-state index contributed by atoms with van der Waals surface area (Å²) in [6, 6.07) is 6.54. The van der Waals surface area contributed by atoms with Crippen LogP contribution in [0.5, 0.6) is 5.75 Å². The van der Waals surface area contributed by atoms with E-state index in [-0.39, 0.29) is 15.8 Å². The minimum absolute atomic E-state index is 0.128. The Bertz CT molecular complexity index is 1130. The van der Waals surface area contributed by atoms with E-state index in [9.17, 15) is 22.2 Å². The molecule has 1 aromatic carbocycles. The Morgan fingerprint density at radius 3 is 2.39 bits per heavy atom. The molecule has 5 nitrogen and oxygen atoms in total. The van der Waals surface area contributed by atoms with Gasteiger partial charge in [0.25, 0.3) is 0 Å². The number of rotatable bonds is 5. The van der Waals surface area contributed by atoms with Gasteiger partial charge in [-0.3, -0.25) is 9.00 Å². The van der Waals surface area contributed by atoms with Gasteiger partial charge in [-0.1, -0.05) is 39.0 Å². The third-order valence-electron chi connectivity index (χ3n) is 6.59. The lowest BCUT2D eigenvalue weighted by atomic mass is 9.76. The second-order valence-electron chi connectivity index (χ2n) is 9.04. The molecule has 0 spiro atoms. The maximum atomic E-state index is 14.2. The molecule has 1 fully saturated rings. The molecule has 0 radical (unpaired) electrons. The number of hydrogen-bond acceptors (Lipinski definition) is 4. The van der Waals surface area contributed by atoms with Crippen molar-refractivity contribution in [2.75, 3.05) is 7.11 Å². The number of aromatic amines is 1. The number of aromatic nitrogens is 1. The van der Waals surface area contributed by atoms with E-state index < -0.39 is 45.9 Å². The van der Waals surface area contributed by atoms with E-state index in [4.69, 9.17) is 9.47 Å². The zero-order chi connectivity index (χ0) is 24.9. The highest BCUT2D eigenvalue weighted by atomic mass is 32.2. The summed E-state index contributed by atoms with van der Waals surface area (Å²) in [4.78, 5) is 16.1. The van der Waals surface area contributed by atoms with Crippen molar-refractivity contribution in [2.45, 2.75) is 75.5 Å². The van der Waals surface area contributed by atoms with Crippen molar-refractivity contribution in [3.8, 4) is 5.75 Å². The van der Waals surface area contributed by atoms with Gasteiger partial charge in [-0.25, -0.2) is 0 Å². The fourth-order valence-electron chi connectivity index (χ4n) is 4.62. The first-order valence-corrected chi connectivity index (χ1v) is 12.0. The van der Waals surface area contributed by atoms with Gasteiger partial charge in [0, 0.05) is 40.1 Å². The topological polar surface area (TPSA) is 68.4 Å². The molecular formula is C24H30F3NO4S. The highest BCUT2D eigenvalue weighted by Gasteiger charge is 2.65. The first-order chi connectivity index (χ1) is 15.2. The third kappa shape index (κ3) is 4.25. The number of pyridine rings is 1. The summed E-state index contributed by atoms with van der Waals surface area (Å²) < 4.78 is 66.5. The van der Waals surface area contributed by atoms with Gasteiger partial charge in [-0.15, -0.1) is 0 Å². The number of methoxy groups -OCH3 is 1. The molecule has 1 saturated heterocycles. The summed E-state index contributed by atoms with van der Waals surface area (Å²) >= 11 is 0. The Balaban J connectivity index is 2.23. The number of H-pyrrole nitrogens is 1. The first-order valence-electron chi connectivity index (χ1n) is 10.8. The normalized spacial score (nSPS) is 26.6. The molecule has 0 unspecified atom stereocenters. The summed E-state index contributed by atoms with van der Waals surface area (Å²) in [5.41, 5.74) is -0.988. The van der Waals surface area contributed by atoms with Crippen LogP contribution in [0.25, 0.3) is 0 Å². The molecule has 1 aromatic heterocycles. The van der Waals surface area contributed by atoms with Gasteiger partial charge < -0.3 is 14.5 Å². The molecule has 5 atom stereocenters. The van der Waals surface area contributed by atoms with Crippen LogP contribution < -0.4 is 10.2 Å². The molecule has 3 rings (SSSR count). The number of ether oxygens (including phenoxy) is 2. The number of para-hydroxylation sites is 1. The Morgan fingerprint density at radius 2 is 1.88 bits per heavy atom. The molecule has 182 valence electrons. The third-order valence-corrected chi connectivity index (χ3v) is 8.36. The van der Waals surface area contributed by atoms with Gasteiger partial charge >= 0.3 is 6.18 Å². The van der Waals surface area contributed by atoms with Crippen LogP contribution in [-0.4, -0.2) is 33.3 Å². The highest BCUT2D eigenvalue weighted by molar-refractivity contribution is 7.85. The average molecular weight is 486 g/mol. The van der Waals surface area contributed by atoms with Crippen LogP contribution in [-0.2, 0) is 15.5 Å². The summed E-state index contributed by atoms with van der Waals surface area (Å²) in [5, 5.41) is -0.281. The van der Waals surface area contributed by atoms with Crippen LogP contribution in [0.2, 0.25) is 0 Å². The number of halogens is 3. The van der Waals surface area contributed by atoms with Crippen LogP contribution in [0.4, 0.5) is 13.2 Å². The van der Waals surface area contributed by atoms with E-state index in [0.717, 1.165) is 12.5 Å². The van der Waals surface area contributed by atoms with E-state index >= 15 is 0 Å². The van der Waals surface area contributed by atoms with Crippen molar-refractivity contribution in [1.82, 2.24) is 4.98 Å². The summed E-state index contributed by atoms with van der Waals surface area (Å²) in [5.74, 6) is -1.24.